The van der Waals surface area contributed by atoms with Gasteiger partial charge in [-0.2, -0.15) is 0 Å². The molecule has 0 aliphatic heterocycles. The summed E-state index contributed by atoms with van der Waals surface area (Å²) in [5.41, 5.74) is -0.115. The average molecular weight is 198 g/mol. The molecule has 2 heteroatoms. The summed E-state index contributed by atoms with van der Waals surface area (Å²) in [6.07, 6.45) is 4.33. The van der Waals surface area contributed by atoms with Crippen molar-refractivity contribution in [2.24, 2.45) is 10.8 Å². The second kappa shape index (κ2) is 3.92. The van der Waals surface area contributed by atoms with Crippen LogP contribution in [0, 0.1) is 10.8 Å². The molecule has 0 atom stereocenters. The fourth-order valence-electron chi connectivity index (χ4n) is 1.82. The monoisotopic (exact) mass is 198 g/mol. The van der Waals surface area contributed by atoms with Gasteiger partial charge in [0, 0.05) is 0 Å². The SMILES string of the molecule is CC(C)(C)COC(=O)C1(C)CCCC1. The summed E-state index contributed by atoms with van der Waals surface area (Å²) in [6, 6.07) is 0. The largest absolute Gasteiger partial charge is 0.465 e. The predicted molar refractivity (Wildman–Crippen MR) is 57.0 cm³/mol. The van der Waals surface area contributed by atoms with Gasteiger partial charge in [0.25, 0.3) is 0 Å². The number of hydrogen-bond donors (Lipinski definition) is 0. The molecule has 0 saturated heterocycles. The van der Waals surface area contributed by atoms with E-state index in [0.29, 0.717) is 6.61 Å². The fourth-order valence-corrected chi connectivity index (χ4v) is 1.82. The molecule has 0 aromatic heterocycles. The van der Waals surface area contributed by atoms with Gasteiger partial charge in [0.05, 0.1) is 12.0 Å². The summed E-state index contributed by atoms with van der Waals surface area (Å²) in [6.45, 7) is 8.80. The maximum Gasteiger partial charge on any atom is 0.311 e. The van der Waals surface area contributed by atoms with Gasteiger partial charge in [-0.05, 0) is 25.2 Å². The van der Waals surface area contributed by atoms with E-state index in [9.17, 15) is 4.79 Å². The molecule has 0 amide bonds. The second-order valence-electron chi connectivity index (χ2n) is 5.90. The van der Waals surface area contributed by atoms with Crippen molar-refractivity contribution in [3.8, 4) is 0 Å². The zero-order valence-electron chi connectivity index (χ0n) is 9.85. The lowest BCUT2D eigenvalue weighted by Crippen LogP contribution is -2.29. The van der Waals surface area contributed by atoms with Gasteiger partial charge in [-0.15, -0.1) is 0 Å². The van der Waals surface area contributed by atoms with E-state index in [4.69, 9.17) is 4.74 Å². The molecule has 0 heterocycles. The molecule has 1 aliphatic carbocycles. The van der Waals surface area contributed by atoms with E-state index in [1.165, 1.54) is 12.8 Å². The minimum Gasteiger partial charge on any atom is -0.465 e. The van der Waals surface area contributed by atoms with Crippen molar-refractivity contribution < 1.29 is 9.53 Å². The van der Waals surface area contributed by atoms with Crippen LogP contribution in [0.2, 0.25) is 0 Å². The Morgan fingerprint density at radius 2 is 1.79 bits per heavy atom. The Kier molecular flexibility index (Phi) is 3.23. The molecule has 0 bridgehead atoms. The highest BCUT2D eigenvalue weighted by molar-refractivity contribution is 5.76. The topological polar surface area (TPSA) is 26.3 Å². The Morgan fingerprint density at radius 1 is 1.29 bits per heavy atom. The zero-order chi connectivity index (χ0) is 10.8. The van der Waals surface area contributed by atoms with E-state index in [1.807, 2.05) is 6.92 Å². The third-order valence-corrected chi connectivity index (χ3v) is 2.84. The first-order valence-electron chi connectivity index (χ1n) is 5.51. The van der Waals surface area contributed by atoms with Crippen LogP contribution in [0.25, 0.3) is 0 Å². The van der Waals surface area contributed by atoms with Crippen molar-refractivity contribution in [2.75, 3.05) is 6.61 Å². The van der Waals surface area contributed by atoms with E-state index in [0.717, 1.165) is 12.8 Å². The highest BCUT2D eigenvalue weighted by Gasteiger charge is 2.38. The summed E-state index contributed by atoms with van der Waals surface area (Å²) in [5.74, 6) is 0.00456. The second-order valence-corrected chi connectivity index (χ2v) is 5.90. The van der Waals surface area contributed by atoms with Crippen LogP contribution in [-0.4, -0.2) is 12.6 Å². The maximum absolute atomic E-state index is 11.8. The summed E-state index contributed by atoms with van der Waals surface area (Å²) >= 11 is 0. The van der Waals surface area contributed by atoms with Crippen molar-refractivity contribution in [3.05, 3.63) is 0 Å². The van der Waals surface area contributed by atoms with Gasteiger partial charge in [0.15, 0.2) is 0 Å². The number of rotatable bonds is 2. The standard InChI is InChI=1S/C12H22O2/c1-11(2,3)9-14-10(13)12(4)7-5-6-8-12/h5-9H2,1-4H3. The third kappa shape index (κ3) is 3.00. The van der Waals surface area contributed by atoms with Crippen LogP contribution in [0.3, 0.4) is 0 Å². The number of hydrogen-bond acceptors (Lipinski definition) is 2. The number of carbonyl (C=O) groups excluding carboxylic acids is 1. The van der Waals surface area contributed by atoms with Gasteiger partial charge < -0.3 is 4.74 Å². The van der Waals surface area contributed by atoms with Gasteiger partial charge in [0.1, 0.15) is 0 Å². The molecule has 1 rings (SSSR count). The molecule has 82 valence electrons. The van der Waals surface area contributed by atoms with Crippen molar-refractivity contribution >= 4 is 5.97 Å². The van der Waals surface area contributed by atoms with Crippen LogP contribution in [0.5, 0.6) is 0 Å². The molecular weight excluding hydrogens is 176 g/mol. The lowest BCUT2D eigenvalue weighted by atomic mass is 9.89. The van der Waals surface area contributed by atoms with E-state index in [2.05, 4.69) is 20.8 Å². The number of esters is 1. The van der Waals surface area contributed by atoms with Crippen LogP contribution in [0.15, 0.2) is 0 Å². The van der Waals surface area contributed by atoms with Gasteiger partial charge >= 0.3 is 5.97 Å². The summed E-state index contributed by atoms with van der Waals surface area (Å²) in [7, 11) is 0. The molecule has 0 aromatic rings. The summed E-state index contributed by atoms with van der Waals surface area (Å²) in [5, 5.41) is 0. The Hall–Kier alpha value is -0.530. The lowest BCUT2D eigenvalue weighted by molar-refractivity contribution is -0.157. The van der Waals surface area contributed by atoms with Crippen molar-refractivity contribution in [1.82, 2.24) is 0 Å². The van der Waals surface area contributed by atoms with Crippen molar-refractivity contribution in [3.63, 3.8) is 0 Å². The normalized spacial score (nSPS) is 20.9. The molecule has 1 aliphatic rings. The third-order valence-electron chi connectivity index (χ3n) is 2.84. The molecule has 0 N–H and O–H groups in total. The quantitative estimate of drug-likeness (QED) is 0.637. The zero-order valence-corrected chi connectivity index (χ0v) is 9.85. The van der Waals surface area contributed by atoms with Gasteiger partial charge in [0.2, 0.25) is 0 Å². The van der Waals surface area contributed by atoms with Gasteiger partial charge in [-0.3, -0.25) is 4.79 Å². The van der Waals surface area contributed by atoms with E-state index in [-0.39, 0.29) is 16.8 Å². The first-order chi connectivity index (χ1) is 6.33. The lowest BCUT2D eigenvalue weighted by Gasteiger charge is -2.24. The van der Waals surface area contributed by atoms with Crippen LogP contribution in [0.1, 0.15) is 53.4 Å². The molecule has 1 fully saturated rings. The first kappa shape index (κ1) is 11.5. The average Bonchev–Trinajstić information content (AvgIpc) is 2.48. The number of carbonyl (C=O) groups is 1. The molecule has 0 aromatic carbocycles. The molecule has 14 heavy (non-hydrogen) atoms. The molecule has 0 radical (unpaired) electrons. The van der Waals surface area contributed by atoms with E-state index >= 15 is 0 Å². The fraction of sp³-hybridized carbons (Fsp3) is 0.917. The molecular formula is C12H22O2. The molecule has 1 saturated carbocycles. The van der Waals surface area contributed by atoms with Crippen molar-refractivity contribution in [1.29, 1.82) is 0 Å². The van der Waals surface area contributed by atoms with Gasteiger partial charge in [-0.25, -0.2) is 0 Å². The first-order valence-corrected chi connectivity index (χ1v) is 5.51. The Balaban J connectivity index is 2.42. The maximum atomic E-state index is 11.8. The highest BCUT2D eigenvalue weighted by Crippen LogP contribution is 2.38. The van der Waals surface area contributed by atoms with Crippen molar-refractivity contribution in [2.45, 2.75) is 53.4 Å². The molecule has 0 unspecified atom stereocenters. The molecule has 2 nitrogen and oxygen atoms in total. The number of ether oxygens (including phenoxy) is 1. The van der Waals surface area contributed by atoms with E-state index in [1.54, 1.807) is 0 Å². The van der Waals surface area contributed by atoms with Crippen LogP contribution in [0.4, 0.5) is 0 Å². The Bertz CT molecular complexity index is 207. The Morgan fingerprint density at radius 3 is 2.21 bits per heavy atom. The highest BCUT2D eigenvalue weighted by atomic mass is 16.5. The summed E-state index contributed by atoms with van der Waals surface area (Å²) < 4.78 is 5.35. The Labute approximate surface area is 87.0 Å². The minimum absolute atomic E-state index is 0.00456. The van der Waals surface area contributed by atoms with Gasteiger partial charge in [-0.1, -0.05) is 33.6 Å². The van der Waals surface area contributed by atoms with Crippen LogP contribution >= 0.6 is 0 Å². The van der Waals surface area contributed by atoms with Crippen LogP contribution < -0.4 is 0 Å². The molecule has 0 spiro atoms. The smallest absolute Gasteiger partial charge is 0.311 e. The van der Waals surface area contributed by atoms with E-state index < -0.39 is 0 Å². The van der Waals surface area contributed by atoms with Crippen LogP contribution in [-0.2, 0) is 9.53 Å². The minimum atomic E-state index is -0.189. The predicted octanol–water partition coefficient (Wildman–Crippen LogP) is 3.16. The summed E-state index contributed by atoms with van der Waals surface area (Å²) in [4.78, 5) is 11.8.